The lowest BCUT2D eigenvalue weighted by atomic mass is 9.97. The van der Waals surface area contributed by atoms with E-state index >= 15 is 0 Å². The first-order valence-electron chi connectivity index (χ1n) is 8.89. The van der Waals surface area contributed by atoms with Crippen molar-refractivity contribution in [3.63, 3.8) is 0 Å². The number of fused-ring (bicyclic) bond motifs is 1. The molecule has 26 heavy (non-hydrogen) atoms. The van der Waals surface area contributed by atoms with Crippen molar-refractivity contribution in [1.82, 2.24) is 14.9 Å². The van der Waals surface area contributed by atoms with Gasteiger partial charge < -0.3 is 9.64 Å². The van der Waals surface area contributed by atoms with Crippen LogP contribution < -0.4 is 0 Å². The number of para-hydroxylation sites is 1. The van der Waals surface area contributed by atoms with Crippen LogP contribution in [0.15, 0.2) is 29.3 Å². The molecular formula is C19H23N3O3S. The van der Waals surface area contributed by atoms with Gasteiger partial charge in [-0.05, 0) is 32.8 Å². The molecule has 1 fully saturated rings. The number of piperidine rings is 1. The van der Waals surface area contributed by atoms with Gasteiger partial charge in [0.25, 0.3) is 0 Å². The van der Waals surface area contributed by atoms with Crippen LogP contribution in [0.4, 0.5) is 0 Å². The Morgan fingerprint density at radius 3 is 2.69 bits per heavy atom. The molecule has 1 aliphatic heterocycles. The van der Waals surface area contributed by atoms with E-state index in [0.29, 0.717) is 44.1 Å². The van der Waals surface area contributed by atoms with Crippen molar-refractivity contribution in [1.29, 1.82) is 0 Å². The summed E-state index contributed by atoms with van der Waals surface area (Å²) in [4.78, 5) is 35.1. The molecule has 6 nitrogen and oxygen atoms in total. The van der Waals surface area contributed by atoms with Crippen molar-refractivity contribution in [2.75, 3.05) is 25.4 Å². The van der Waals surface area contributed by atoms with Crippen molar-refractivity contribution in [3.8, 4) is 0 Å². The van der Waals surface area contributed by atoms with Gasteiger partial charge in [0.15, 0.2) is 0 Å². The first-order valence-corrected chi connectivity index (χ1v) is 9.87. The molecule has 1 aliphatic rings. The number of ether oxygens (including phenoxy) is 1. The number of esters is 1. The largest absolute Gasteiger partial charge is 0.466 e. The first kappa shape index (κ1) is 18.6. The fourth-order valence-electron chi connectivity index (χ4n) is 3.11. The summed E-state index contributed by atoms with van der Waals surface area (Å²) in [5.41, 5.74) is 0.894. The van der Waals surface area contributed by atoms with Gasteiger partial charge in [-0.2, -0.15) is 0 Å². The summed E-state index contributed by atoms with van der Waals surface area (Å²) in [5.74, 6) is 0.897. The summed E-state index contributed by atoms with van der Waals surface area (Å²) in [6.07, 6.45) is 1.34. The zero-order valence-electron chi connectivity index (χ0n) is 15.1. The molecule has 0 spiro atoms. The fourth-order valence-corrected chi connectivity index (χ4v) is 4.08. The van der Waals surface area contributed by atoms with Crippen LogP contribution in [0.5, 0.6) is 0 Å². The second kappa shape index (κ2) is 8.49. The molecule has 0 bridgehead atoms. The molecule has 0 saturated carbocycles. The Balaban J connectivity index is 1.58. The zero-order valence-corrected chi connectivity index (χ0v) is 15.9. The highest BCUT2D eigenvalue weighted by molar-refractivity contribution is 8.00. The quantitative estimate of drug-likeness (QED) is 0.456. The van der Waals surface area contributed by atoms with Gasteiger partial charge >= 0.3 is 5.97 Å². The Kier molecular flexibility index (Phi) is 6.08. The second-order valence-electron chi connectivity index (χ2n) is 6.29. The number of carbonyl (C=O) groups is 2. The van der Waals surface area contributed by atoms with E-state index in [0.717, 1.165) is 15.9 Å². The Bertz CT molecular complexity index is 804. The molecule has 0 aliphatic carbocycles. The minimum atomic E-state index is -0.142. The number of hydrogen-bond acceptors (Lipinski definition) is 6. The third kappa shape index (κ3) is 4.33. The van der Waals surface area contributed by atoms with E-state index in [4.69, 9.17) is 4.74 Å². The summed E-state index contributed by atoms with van der Waals surface area (Å²) < 4.78 is 5.07. The lowest BCUT2D eigenvalue weighted by Gasteiger charge is -2.30. The minimum Gasteiger partial charge on any atom is -0.466 e. The van der Waals surface area contributed by atoms with E-state index < -0.39 is 0 Å². The molecule has 0 unspecified atom stereocenters. The van der Waals surface area contributed by atoms with Crippen LogP contribution in [-0.2, 0) is 14.3 Å². The standard InChI is InChI=1S/C19H23N3O3S/c1-3-25-19(24)14-8-10-22(11-9-14)17(23)12-26-18-15-6-4-5-7-16(15)20-13(2)21-18/h4-7,14H,3,8-12H2,1-2H3. The fraction of sp³-hybridized carbons (Fsp3) is 0.474. The smallest absolute Gasteiger partial charge is 0.309 e. The molecule has 2 aromatic rings. The van der Waals surface area contributed by atoms with Gasteiger partial charge in [0.05, 0.1) is 23.8 Å². The first-order chi connectivity index (χ1) is 12.6. The molecule has 1 aromatic heterocycles. The van der Waals surface area contributed by atoms with Gasteiger partial charge in [-0.1, -0.05) is 30.0 Å². The highest BCUT2D eigenvalue weighted by Crippen LogP contribution is 2.26. The van der Waals surface area contributed by atoms with E-state index in [1.807, 2.05) is 43.0 Å². The number of carbonyl (C=O) groups excluding carboxylic acids is 2. The van der Waals surface area contributed by atoms with Gasteiger partial charge in [0.2, 0.25) is 5.91 Å². The third-order valence-electron chi connectivity index (χ3n) is 4.48. The van der Waals surface area contributed by atoms with Gasteiger partial charge in [-0.15, -0.1) is 0 Å². The highest BCUT2D eigenvalue weighted by Gasteiger charge is 2.28. The van der Waals surface area contributed by atoms with Crippen molar-refractivity contribution >= 4 is 34.5 Å². The predicted molar refractivity (Wildman–Crippen MR) is 101 cm³/mol. The van der Waals surface area contributed by atoms with Crippen LogP contribution in [0.25, 0.3) is 10.9 Å². The number of hydrogen-bond donors (Lipinski definition) is 0. The molecule has 1 aromatic carbocycles. The molecule has 0 N–H and O–H groups in total. The van der Waals surface area contributed by atoms with Crippen molar-refractivity contribution in [2.45, 2.75) is 31.7 Å². The summed E-state index contributed by atoms with van der Waals surface area (Å²) in [6.45, 7) is 5.28. The average molecular weight is 373 g/mol. The van der Waals surface area contributed by atoms with Crippen molar-refractivity contribution < 1.29 is 14.3 Å². The maximum Gasteiger partial charge on any atom is 0.309 e. The maximum atomic E-state index is 12.5. The van der Waals surface area contributed by atoms with Crippen LogP contribution in [0, 0.1) is 12.8 Å². The molecular weight excluding hydrogens is 350 g/mol. The van der Waals surface area contributed by atoms with E-state index in [1.165, 1.54) is 11.8 Å². The zero-order chi connectivity index (χ0) is 18.5. The number of amides is 1. The van der Waals surface area contributed by atoms with Crippen LogP contribution in [0.3, 0.4) is 0 Å². The van der Waals surface area contributed by atoms with Gasteiger partial charge in [0.1, 0.15) is 10.9 Å². The number of aromatic nitrogens is 2. The number of nitrogens with zero attached hydrogens (tertiary/aromatic N) is 3. The average Bonchev–Trinajstić information content (AvgIpc) is 2.66. The lowest BCUT2D eigenvalue weighted by molar-refractivity contribution is -0.151. The van der Waals surface area contributed by atoms with E-state index in [2.05, 4.69) is 9.97 Å². The molecule has 138 valence electrons. The Morgan fingerprint density at radius 1 is 1.23 bits per heavy atom. The molecule has 1 saturated heterocycles. The number of aryl methyl sites for hydroxylation is 1. The normalized spacial score (nSPS) is 15.2. The van der Waals surface area contributed by atoms with Crippen LogP contribution in [0.2, 0.25) is 0 Å². The molecule has 7 heteroatoms. The van der Waals surface area contributed by atoms with E-state index in [-0.39, 0.29) is 17.8 Å². The SMILES string of the molecule is CCOC(=O)C1CCN(C(=O)CSc2nc(C)nc3ccccc23)CC1. The monoisotopic (exact) mass is 373 g/mol. The molecule has 0 radical (unpaired) electrons. The van der Waals surface area contributed by atoms with Crippen molar-refractivity contribution in [2.24, 2.45) is 5.92 Å². The lowest BCUT2D eigenvalue weighted by Crippen LogP contribution is -2.41. The second-order valence-corrected chi connectivity index (χ2v) is 7.25. The summed E-state index contributed by atoms with van der Waals surface area (Å²) in [7, 11) is 0. The predicted octanol–water partition coefficient (Wildman–Crippen LogP) is 2.83. The number of rotatable bonds is 5. The van der Waals surface area contributed by atoms with Gasteiger partial charge in [0, 0.05) is 18.5 Å². The van der Waals surface area contributed by atoms with E-state index in [9.17, 15) is 9.59 Å². The highest BCUT2D eigenvalue weighted by atomic mass is 32.2. The maximum absolute atomic E-state index is 12.5. The van der Waals surface area contributed by atoms with Crippen LogP contribution >= 0.6 is 11.8 Å². The molecule has 1 amide bonds. The van der Waals surface area contributed by atoms with Crippen molar-refractivity contribution in [3.05, 3.63) is 30.1 Å². The number of benzene rings is 1. The molecule has 2 heterocycles. The van der Waals surface area contributed by atoms with E-state index in [1.54, 1.807) is 0 Å². The summed E-state index contributed by atoms with van der Waals surface area (Å²) in [6, 6.07) is 7.83. The number of likely N-dealkylation sites (tertiary alicyclic amines) is 1. The summed E-state index contributed by atoms with van der Waals surface area (Å²) in [5, 5.41) is 1.81. The van der Waals surface area contributed by atoms with Crippen LogP contribution in [0.1, 0.15) is 25.6 Å². The third-order valence-corrected chi connectivity index (χ3v) is 5.46. The Hall–Kier alpha value is -2.15. The Morgan fingerprint density at radius 2 is 1.96 bits per heavy atom. The number of thioether (sulfide) groups is 1. The minimum absolute atomic E-state index is 0.0812. The molecule has 0 atom stereocenters. The Labute approximate surface area is 157 Å². The van der Waals surface area contributed by atoms with Gasteiger partial charge in [-0.3, -0.25) is 9.59 Å². The topological polar surface area (TPSA) is 72.4 Å². The van der Waals surface area contributed by atoms with Crippen LogP contribution in [-0.4, -0.2) is 52.2 Å². The molecule has 3 rings (SSSR count). The van der Waals surface area contributed by atoms with Gasteiger partial charge in [-0.25, -0.2) is 9.97 Å². The summed E-state index contributed by atoms with van der Waals surface area (Å²) >= 11 is 1.45.